The van der Waals surface area contributed by atoms with E-state index in [-0.39, 0.29) is 5.97 Å². The topological polar surface area (TPSA) is 50.7 Å². The largest absolute Gasteiger partial charge is 0.427 e. The van der Waals surface area contributed by atoms with Crippen molar-refractivity contribution in [3.8, 4) is 5.75 Å². The molecule has 0 saturated carbocycles. The number of benzene rings is 1. The second-order valence-corrected chi connectivity index (χ2v) is 3.02. The third kappa shape index (κ3) is 1.74. The third-order valence-corrected chi connectivity index (χ3v) is 1.91. The highest BCUT2D eigenvalue weighted by atomic mass is 16.5. The first-order valence-electron chi connectivity index (χ1n) is 4.33. The summed E-state index contributed by atoms with van der Waals surface area (Å²) in [5.74, 6) is 0.221. The van der Waals surface area contributed by atoms with E-state index in [4.69, 9.17) is 4.74 Å². The molecule has 1 heterocycles. The summed E-state index contributed by atoms with van der Waals surface area (Å²) in [6, 6.07) is 5.42. The van der Waals surface area contributed by atoms with Crippen LogP contribution in [0.1, 0.15) is 12.5 Å². The van der Waals surface area contributed by atoms with Crippen molar-refractivity contribution in [3.63, 3.8) is 0 Å². The number of carbonyl (C=O) groups excluding carboxylic acids is 1. The van der Waals surface area contributed by atoms with E-state index in [2.05, 4.69) is 10.3 Å². The molecule has 1 aromatic rings. The number of ether oxygens (including phenoxy) is 1. The van der Waals surface area contributed by atoms with Crippen LogP contribution in [0.5, 0.6) is 5.75 Å². The maximum absolute atomic E-state index is 10.7. The molecular formula is C10H10N2O2. The first kappa shape index (κ1) is 8.74. The van der Waals surface area contributed by atoms with Gasteiger partial charge in [-0.3, -0.25) is 4.79 Å². The Hall–Kier alpha value is -1.84. The van der Waals surface area contributed by atoms with E-state index in [0.717, 1.165) is 17.8 Å². The molecule has 0 radical (unpaired) electrons. The lowest BCUT2D eigenvalue weighted by atomic mass is 10.1. The van der Waals surface area contributed by atoms with Crippen LogP contribution in [-0.4, -0.2) is 12.3 Å². The maximum atomic E-state index is 10.7. The first-order valence-corrected chi connectivity index (χ1v) is 4.33. The molecule has 4 heteroatoms. The fourth-order valence-electron chi connectivity index (χ4n) is 1.31. The lowest BCUT2D eigenvalue weighted by molar-refractivity contribution is -0.131. The van der Waals surface area contributed by atoms with Gasteiger partial charge in [-0.15, -0.1) is 0 Å². The maximum Gasteiger partial charge on any atom is 0.308 e. The van der Waals surface area contributed by atoms with Gasteiger partial charge in [0.25, 0.3) is 0 Å². The predicted molar refractivity (Wildman–Crippen MR) is 52.7 cm³/mol. The highest BCUT2D eigenvalue weighted by Crippen LogP contribution is 2.26. The Balaban J connectivity index is 2.30. The molecule has 0 saturated heterocycles. The Kier molecular flexibility index (Phi) is 2.18. The zero-order valence-electron chi connectivity index (χ0n) is 7.78. The second kappa shape index (κ2) is 3.49. The number of rotatable bonds is 1. The van der Waals surface area contributed by atoms with Crippen LogP contribution in [0.2, 0.25) is 0 Å². The zero-order valence-corrected chi connectivity index (χ0v) is 7.78. The van der Waals surface area contributed by atoms with E-state index in [0.29, 0.717) is 5.75 Å². The van der Waals surface area contributed by atoms with E-state index in [1.807, 2.05) is 6.07 Å². The van der Waals surface area contributed by atoms with Gasteiger partial charge in [0.15, 0.2) is 0 Å². The third-order valence-electron chi connectivity index (χ3n) is 1.91. The Bertz CT molecular complexity index is 399. The van der Waals surface area contributed by atoms with Crippen LogP contribution in [-0.2, 0) is 11.3 Å². The Labute approximate surface area is 81.6 Å². The van der Waals surface area contributed by atoms with Gasteiger partial charge in [-0.1, -0.05) is 6.07 Å². The van der Waals surface area contributed by atoms with Crippen molar-refractivity contribution in [1.82, 2.24) is 5.32 Å². The van der Waals surface area contributed by atoms with Crippen molar-refractivity contribution in [2.75, 3.05) is 0 Å². The summed E-state index contributed by atoms with van der Waals surface area (Å²) in [4.78, 5) is 14.8. The number of nitrogens with one attached hydrogen (secondary N) is 1. The average Bonchev–Trinajstić information content (AvgIpc) is 2.17. The van der Waals surface area contributed by atoms with Crippen molar-refractivity contribution >= 4 is 18.0 Å². The number of aliphatic imine (C=N–C) groups is 1. The zero-order chi connectivity index (χ0) is 9.97. The van der Waals surface area contributed by atoms with Crippen LogP contribution in [0.15, 0.2) is 23.2 Å². The normalized spacial score (nSPS) is 12.9. The van der Waals surface area contributed by atoms with E-state index in [1.165, 1.54) is 6.92 Å². The summed E-state index contributed by atoms with van der Waals surface area (Å²) in [6.07, 6.45) is 1.64. The SMILES string of the molecule is CC(=O)Oc1ccc2c(c1)N=CNC2. The van der Waals surface area contributed by atoms with Crippen LogP contribution in [0.4, 0.5) is 5.69 Å². The number of nitrogens with zero attached hydrogens (tertiary/aromatic N) is 1. The molecule has 1 aromatic carbocycles. The number of hydrogen-bond acceptors (Lipinski definition) is 4. The van der Waals surface area contributed by atoms with Gasteiger partial charge >= 0.3 is 5.97 Å². The molecule has 0 aliphatic carbocycles. The fourth-order valence-corrected chi connectivity index (χ4v) is 1.31. The molecule has 2 rings (SSSR count). The second-order valence-electron chi connectivity index (χ2n) is 3.02. The van der Waals surface area contributed by atoms with E-state index >= 15 is 0 Å². The Morgan fingerprint density at radius 1 is 1.57 bits per heavy atom. The minimum Gasteiger partial charge on any atom is -0.427 e. The van der Waals surface area contributed by atoms with Crippen molar-refractivity contribution in [2.45, 2.75) is 13.5 Å². The standard InChI is InChI=1S/C10H10N2O2/c1-7(13)14-9-3-2-8-5-11-6-12-10(8)4-9/h2-4,6H,5H2,1H3,(H,11,12). The van der Waals surface area contributed by atoms with Gasteiger partial charge in [0, 0.05) is 19.5 Å². The number of esters is 1. The molecular weight excluding hydrogens is 180 g/mol. The van der Waals surface area contributed by atoms with Gasteiger partial charge in [0.05, 0.1) is 12.0 Å². The van der Waals surface area contributed by atoms with Crippen LogP contribution in [0, 0.1) is 0 Å². The smallest absolute Gasteiger partial charge is 0.308 e. The van der Waals surface area contributed by atoms with Crippen molar-refractivity contribution < 1.29 is 9.53 Å². The highest BCUT2D eigenvalue weighted by molar-refractivity contribution is 5.71. The number of fused-ring (bicyclic) bond motifs is 1. The van der Waals surface area contributed by atoms with Crippen molar-refractivity contribution in [3.05, 3.63) is 23.8 Å². The number of carbonyl (C=O) groups is 1. The fraction of sp³-hybridized carbons (Fsp3) is 0.200. The molecule has 0 spiro atoms. The van der Waals surface area contributed by atoms with E-state index in [9.17, 15) is 4.79 Å². The first-order chi connectivity index (χ1) is 6.75. The minimum atomic E-state index is -0.317. The Morgan fingerprint density at radius 2 is 2.43 bits per heavy atom. The summed E-state index contributed by atoms with van der Waals surface area (Å²) in [5.41, 5.74) is 1.95. The summed E-state index contributed by atoms with van der Waals surface area (Å²) in [5, 5.41) is 3.00. The molecule has 0 unspecified atom stereocenters. The minimum absolute atomic E-state index is 0.317. The van der Waals surface area contributed by atoms with Gasteiger partial charge in [0.2, 0.25) is 0 Å². The number of hydrogen-bond donors (Lipinski definition) is 1. The van der Waals surface area contributed by atoms with Crippen LogP contribution >= 0.6 is 0 Å². The monoisotopic (exact) mass is 190 g/mol. The van der Waals surface area contributed by atoms with Gasteiger partial charge in [-0.25, -0.2) is 4.99 Å². The van der Waals surface area contributed by atoms with E-state index in [1.54, 1.807) is 18.5 Å². The van der Waals surface area contributed by atoms with Crippen LogP contribution in [0.3, 0.4) is 0 Å². The van der Waals surface area contributed by atoms with Gasteiger partial charge in [-0.2, -0.15) is 0 Å². The van der Waals surface area contributed by atoms with Crippen LogP contribution < -0.4 is 10.1 Å². The van der Waals surface area contributed by atoms with E-state index < -0.39 is 0 Å². The Morgan fingerprint density at radius 3 is 3.21 bits per heavy atom. The molecule has 0 amide bonds. The predicted octanol–water partition coefficient (Wildman–Crippen LogP) is 1.37. The molecule has 1 aliphatic heterocycles. The lowest BCUT2D eigenvalue weighted by Crippen LogP contribution is -2.14. The molecule has 4 nitrogen and oxygen atoms in total. The average molecular weight is 190 g/mol. The van der Waals surface area contributed by atoms with Gasteiger partial charge < -0.3 is 10.1 Å². The summed E-state index contributed by atoms with van der Waals surface area (Å²) >= 11 is 0. The summed E-state index contributed by atoms with van der Waals surface area (Å²) < 4.78 is 4.95. The van der Waals surface area contributed by atoms with Gasteiger partial charge in [-0.05, 0) is 11.6 Å². The van der Waals surface area contributed by atoms with Crippen LogP contribution in [0.25, 0.3) is 0 Å². The molecule has 14 heavy (non-hydrogen) atoms. The summed E-state index contributed by atoms with van der Waals surface area (Å²) in [6.45, 7) is 2.14. The van der Waals surface area contributed by atoms with Crippen molar-refractivity contribution in [2.24, 2.45) is 4.99 Å². The van der Waals surface area contributed by atoms with Crippen molar-refractivity contribution in [1.29, 1.82) is 0 Å². The molecule has 72 valence electrons. The molecule has 0 atom stereocenters. The summed E-state index contributed by atoms with van der Waals surface area (Å²) in [7, 11) is 0. The lowest BCUT2D eigenvalue weighted by Gasteiger charge is -2.11. The molecule has 0 fully saturated rings. The quantitative estimate of drug-likeness (QED) is 0.537. The highest BCUT2D eigenvalue weighted by Gasteiger charge is 2.07. The molecule has 1 aliphatic rings. The molecule has 1 N–H and O–H groups in total. The molecule has 0 aromatic heterocycles. The van der Waals surface area contributed by atoms with Gasteiger partial charge in [0.1, 0.15) is 5.75 Å². The molecule has 0 bridgehead atoms.